The number of nitrogens with zero attached hydrogens (tertiary/aromatic N) is 2. The van der Waals surface area contributed by atoms with Crippen LogP contribution in [0.5, 0.6) is 11.5 Å². The minimum Gasteiger partial charge on any atom is -0.486 e. The molecular weight excluding hydrogens is 418 g/mol. The van der Waals surface area contributed by atoms with Gasteiger partial charge < -0.3 is 19.7 Å². The van der Waals surface area contributed by atoms with Gasteiger partial charge in [0.1, 0.15) is 18.9 Å². The average Bonchev–Trinajstić information content (AvgIpc) is 3.25. The summed E-state index contributed by atoms with van der Waals surface area (Å²) in [6.07, 6.45) is 1.84. The standard InChI is InChI=1S/C26H21N3O4/c30-25-15-19(17-29(25)22-9-10-23-24(16-22)33-13-12-32-23)26(31)28-21-6-3-4-18(14-21)7-8-20-5-1-2-11-27-20/h1-6,9-11,14,16,19H,12-13,15,17H2,(H,28,31)/t19-/m0/s1. The summed E-state index contributed by atoms with van der Waals surface area (Å²) in [6.45, 7) is 1.29. The van der Waals surface area contributed by atoms with Gasteiger partial charge in [0, 0.05) is 42.2 Å². The summed E-state index contributed by atoms with van der Waals surface area (Å²) >= 11 is 0. The first-order valence-corrected chi connectivity index (χ1v) is 10.7. The van der Waals surface area contributed by atoms with Gasteiger partial charge in [-0.25, -0.2) is 4.98 Å². The van der Waals surface area contributed by atoms with Gasteiger partial charge in [-0.05, 0) is 48.4 Å². The molecule has 1 N–H and O–H groups in total. The molecule has 33 heavy (non-hydrogen) atoms. The van der Waals surface area contributed by atoms with E-state index in [2.05, 4.69) is 22.1 Å². The van der Waals surface area contributed by atoms with E-state index in [1.807, 2.05) is 42.5 Å². The van der Waals surface area contributed by atoms with Gasteiger partial charge in [0.05, 0.1) is 5.92 Å². The van der Waals surface area contributed by atoms with Crippen molar-refractivity contribution < 1.29 is 19.1 Å². The van der Waals surface area contributed by atoms with Crippen molar-refractivity contribution in [2.24, 2.45) is 5.92 Å². The molecule has 2 aliphatic heterocycles. The summed E-state index contributed by atoms with van der Waals surface area (Å²) in [6, 6.07) is 18.3. The van der Waals surface area contributed by atoms with Crippen LogP contribution in [0.3, 0.4) is 0 Å². The number of carbonyl (C=O) groups excluding carboxylic acids is 2. The summed E-state index contributed by atoms with van der Waals surface area (Å²) in [4.78, 5) is 31.3. The zero-order valence-corrected chi connectivity index (χ0v) is 17.8. The van der Waals surface area contributed by atoms with E-state index in [-0.39, 0.29) is 18.2 Å². The topological polar surface area (TPSA) is 80.8 Å². The monoisotopic (exact) mass is 439 g/mol. The third kappa shape index (κ3) is 4.65. The van der Waals surface area contributed by atoms with Crippen molar-refractivity contribution in [3.63, 3.8) is 0 Å². The Morgan fingerprint density at radius 3 is 2.73 bits per heavy atom. The Morgan fingerprint density at radius 1 is 1.00 bits per heavy atom. The molecule has 1 fully saturated rings. The first-order chi connectivity index (χ1) is 16.2. The molecule has 3 aromatic rings. The second-order valence-corrected chi connectivity index (χ2v) is 7.77. The SMILES string of the molecule is O=C(Nc1cccc(C#Cc2ccccn2)c1)[C@H]1CC(=O)N(c2ccc3c(c2)OCCO3)C1. The largest absolute Gasteiger partial charge is 0.486 e. The number of carbonyl (C=O) groups is 2. The van der Waals surface area contributed by atoms with E-state index < -0.39 is 5.92 Å². The Labute approximate surface area is 191 Å². The van der Waals surface area contributed by atoms with E-state index in [9.17, 15) is 9.59 Å². The van der Waals surface area contributed by atoms with Crippen molar-refractivity contribution in [2.45, 2.75) is 6.42 Å². The van der Waals surface area contributed by atoms with Crippen molar-refractivity contribution >= 4 is 23.2 Å². The lowest BCUT2D eigenvalue weighted by Crippen LogP contribution is -2.28. The summed E-state index contributed by atoms with van der Waals surface area (Å²) in [5.74, 6) is 6.60. The Balaban J connectivity index is 1.25. The first kappa shape index (κ1) is 20.6. The van der Waals surface area contributed by atoms with Crippen LogP contribution in [0.15, 0.2) is 66.9 Å². The summed E-state index contributed by atoms with van der Waals surface area (Å²) in [5.41, 5.74) is 2.78. The summed E-state index contributed by atoms with van der Waals surface area (Å²) in [7, 11) is 0. The van der Waals surface area contributed by atoms with Crippen LogP contribution in [0.1, 0.15) is 17.7 Å². The molecule has 1 aromatic heterocycles. The van der Waals surface area contributed by atoms with Gasteiger partial charge in [-0.1, -0.05) is 18.1 Å². The summed E-state index contributed by atoms with van der Waals surface area (Å²) < 4.78 is 11.2. The van der Waals surface area contributed by atoms with E-state index in [0.717, 1.165) is 5.56 Å². The van der Waals surface area contributed by atoms with Gasteiger partial charge in [0.2, 0.25) is 11.8 Å². The molecule has 2 amide bonds. The zero-order valence-electron chi connectivity index (χ0n) is 17.8. The maximum Gasteiger partial charge on any atom is 0.229 e. The molecule has 7 nitrogen and oxygen atoms in total. The predicted octanol–water partition coefficient (Wildman–Crippen LogP) is 3.24. The Morgan fingerprint density at radius 2 is 1.88 bits per heavy atom. The molecule has 0 bridgehead atoms. The van der Waals surface area contributed by atoms with Crippen LogP contribution in [0, 0.1) is 17.8 Å². The molecule has 164 valence electrons. The molecule has 5 rings (SSSR count). The molecule has 0 radical (unpaired) electrons. The molecule has 2 aliphatic rings. The van der Waals surface area contributed by atoms with Gasteiger partial charge in [-0.15, -0.1) is 0 Å². The fourth-order valence-electron chi connectivity index (χ4n) is 3.82. The molecule has 0 saturated carbocycles. The zero-order chi connectivity index (χ0) is 22.6. The van der Waals surface area contributed by atoms with Gasteiger partial charge in [-0.3, -0.25) is 9.59 Å². The normalized spacial score (nSPS) is 16.7. The molecule has 2 aromatic carbocycles. The van der Waals surface area contributed by atoms with Crippen LogP contribution >= 0.6 is 0 Å². The van der Waals surface area contributed by atoms with E-state index in [1.165, 1.54) is 0 Å². The smallest absolute Gasteiger partial charge is 0.229 e. The third-order valence-corrected chi connectivity index (χ3v) is 5.46. The lowest BCUT2D eigenvalue weighted by atomic mass is 10.1. The Hall–Kier alpha value is -4.31. The molecule has 0 unspecified atom stereocenters. The van der Waals surface area contributed by atoms with Gasteiger partial charge in [-0.2, -0.15) is 0 Å². The number of hydrogen-bond donors (Lipinski definition) is 1. The number of fused-ring (bicyclic) bond motifs is 1. The van der Waals surface area contributed by atoms with Gasteiger partial charge in [0.25, 0.3) is 0 Å². The number of aromatic nitrogens is 1. The van der Waals surface area contributed by atoms with Crippen molar-refractivity contribution in [3.8, 4) is 23.3 Å². The van der Waals surface area contributed by atoms with Crippen molar-refractivity contribution in [1.82, 2.24) is 4.98 Å². The number of amides is 2. The van der Waals surface area contributed by atoms with Crippen LogP contribution in [0.4, 0.5) is 11.4 Å². The number of anilines is 2. The van der Waals surface area contributed by atoms with Gasteiger partial charge in [0.15, 0.2) is 11.5 Å². The quantitative estimate of drug-likeness (QED) is 0.634. The van der Waals surface area contributed by atoms with Crippen LogP contribution in [-0.4, -0.2) is 36.6 Å². The minimum absolute atomic E-state index is 0.0955. The average molecular weight is 439 g/mol. The molecule has 3 heterocycles. The summed E-state index contributed by atoms with van der Waals surface area (Å²) in [5, 5.41) is 2.92. The molecule has 1 atom stereocenters. The number of rotatable bonds is 3. The fourth-order valence-corrected chi connectivity index (χ4v) is 3.82. The van der Waals surface area contributed by atoms with Crippen molar-refractivity contribution in [2.75, 3.05) is 30.0 Å². The number of nitrogens with one attached hydrogen (secondary N) is 1. The van der Waals surface area contributed by atoms with Gasteiger partial charge >= 0.3 is 0 Å². The van der Waals surface area contributed by atoms with Crippen molar-refractivity contribution in [1.29, 1.82) is 0 Å². The van der Waals surface area contributed by atoms with E-state index in [0.29, 0.717) is 48.3 Å². The van der Waals surface area contributed by atoms with E-state index in [4.69, 9.17) is 9.47 Å². The maximum atomic E-state index is 12.9. The molecule has 0 aliphatic carbocycles. The highest BCUT2D eigenvalue weighted by Gasteiger charge is 2.35. The molecular formula is C26H21N3O4. The second-order valence-electron chi connectivity index (χ2n) is 7.77. The highest BCUT2D eigenvalue weighted by Crippen LogP contribution is 2.36. The number of ether oxygens (including phenoxy) is 2. The second kappa shape index (κ2) is 9.05. The van der Waals surface area contributed by atoms with E-state index in [1.54, 1.807) is 29.3 Å². The maximum absolute atomic E-state index is 12.9. The number of benzene rings is 2. The first-order valence-electron chi connectivity index (χ1n) is 10.7. The molecule has 7 heteroatoms. The van der Waals surface area contributed by atoms with Crippen LogP contribution in [0.2, 0.25) is 0 Å². The van der Waals surface area contributed by atoms with Crippen LogP contribution in [-0.2, 0) is 9.59 Å². The lowest BCUT2D eigenvalue weighted by molar-refractivity contribution is -0.122. The highest BCUT2D eigenvalue weighted by atomic mass is 16.6. The van der Waals surface area contributed by atoms with Crippen molar-refractivity contribution in [3.05, 3.63) is 78.1 Å². The minimum atomic E-state index is -0.450. The molecule has 0 spiro atoms. The fraction of sp³-hybridized carbons (Fsp3) is 0.192. The van der Waals surface area contributed by atoms with Crippen LogP contribution in [0.25, 0.3) is 0 Å². The Kier molecular flexibility index (Phi) is 5.64. The number of hydrogen-bond acceptors (Lipinski definition) is 5. The lowest BCUT2D eigenvalue weighted by Gasteiger charge is -2.22. The molecule has 1 saturated heterocycles. The highest BCUT2D eigenvalue weighted by molar-refractivity contribution is 6.03. The predicted molar refractivity (Wildman–Crippen MR) is 123 cm³/mol. The third-order valence-electron chi connectivity index (χ3n) is 5.46. The number of pyridine rings is 1. The van der Waals surface area contributed by atoms with Crippen LogP contribution < -0.4 is 19.7 Å². The van der Waals surface area contributed by atoms with E-state index >= 15 is 0 Å². The Bertz CT molecular complexity index is 1260.